The summed E-state index contributed by atoms with van der Waals surface area (Å²) in [5.41, 5.74) is 0.519. The summed E-state index contributed by atoms with van der Waals surface area (Å²) in [5.74, 6) is 1.33. The quantitative estimate of drug-likeness (QED) is 0.641. The second kappa shape index (κ2) is 9.65. The summed E-state index contributed by atoms with van der Waals surface area (Å²) in [6.07, 6.45) is 7.20. The first-order valence-electron chi connectivity index (χ1n) is 12.1. The van der Waals surface area contributed by atoms with Gasteiger partial charge in [-0.25, -0.2) is 9.37 Å². The van der Waals surface area contributed by atoms with Gasteiger partial charge in [-0.2, -0.15) is 0 Å². The van der Waals surface area contributed by atoms with Gasteiger partial charge >= 0.3 is 0 Å². The Morgan fingerprint density at radius 2 is 2.03 bits per heavy atom. The lowest BCUT2D eigenvalue weighted by atomic mass is 9.75. The summed E-state index contributed by atoms with van der Waals surface area (Å²) in [6, 6.07) is 6.77. The molecule has 2 fully saturated rings. The molecule has 2 aliphatic rings. The third-order valence-corrected chi connectivity index (χ3v) is 7.20. The zero-order valence-corrected chi connectivity index (χ0v) is 20.0. The largest absolute Gasteiger partial charge is 0.341 e. The second-order valence-corrected chi connectivity index (χ2v) is 10.0. The number of aryl methyl sites for hydroxylation is 1. The van der Waals surface area contributed by atoms with Crippen molar-refractivity contribution in [2.75, 3.05) is 19.6 Å². The van der Waals surface area contributed by atoms with Crippen LogP contribution in [0.4, 0.5) is 4.39 Å². The van der Waals surface area contributed by atoms with Crippen LogP contribution >= 0.6 is 0 Å². The molecule has 3 heterocycles. The van der Waals surface area contributed by atoms with Crippen molar-refractivity contribution < 1.29 is 14.0 Å². The van der Waals surface area contributed by atoms with Crippen LogP contribution in [-0.2, 0) is 29.0 Å². The number of carbonyl (C=O) groups excluding carboxylic acids is 2. The number of nitrogens with zero attached hydrogens (tertiary/aromatic N) is 4. The summed E-state index contributed by atoms with van der Waals surface area (Å²) in [6.45, 7) is 8.49. The molecular formula is C26H35FN4O2. The van der Waals surface area contributed by atoms with Crippen molar-refractivity contribution >= 4 is 11.8 Å². The highest BCUT2D eigenvalue weighted by atomic mass is 19.1. The first-order chi connectivity index (χ1) is 15.8. The highest BCUT2D eigenvalue weighted by molar-refractivity contribution is 5.86. The molecule has 0 radical (unpaired) electrons. The van der Waals surface area contributed by atoms with Gasteiger partial charge in [0.25, 0.3) is 0 Å². The Bertz CT molecular complexity index is 994. The number of benzene rings is 1. The minimum absolute atomic E-state index is 0.0713. The van der Waals surface area contributed by atoms with E-state index in [0.717, 1.165) is 24.2 Å². The second-order valence-electron chi connectivity index (χ2n) is 10.0. The molecular weight excluding hydrogens is 419 g/mol. The molecule has 0 aliphatic carbocycles. The number of aromatic nitrogens is 2. The van der Waals surface area contributed by atoms with Crippen LogP contribution in [0.5, 0.6) is 0 Å². The molecule has 2 aliphatic heterocycles. The van der Waals surface area contributed by atoms with Crippen molar-refractivity contribution in [3.05, 3.63) is 53.9 Å². The molecule has 1 spiro atoms. The van der Waals surface area contributed by atoms with Crippen LogP contribution in [0.1, 0.15) is 51.4 Å². The highest BCUT2D eigenvalue weighted by Crippen LogP contribution is 2.45. The van der Waals surface area contributed by atoms with Crippen molar-refractivity contribution in [2.24, 2.45) is 11.3 Å². The van der Waals surface area contributed by atoms with Gasteiger partial charge in [0.2, 0.25) is 11.8 Å². The van der Waals surface area contributed by atoms with Gasteiger partial charge in [-0.1, -0.05) is 32.9 Å². The Labute approximate surface area is 195 Å². The molecule has 2 amide bonds. The maximum Gasteiger partial charge on any atom is 0.242 e. The van der Waals surface area contributed by atoms with Crippen LogP contribution in [0.2, 0.25) is 0 Å². The third-order valence-electron chi connectivity index (χ3n) is 7.20. The van der Waals surface area contributed by atoms with Crippen LogP contribution in [0.15, 0.2) is 36.7 Å². The predicted molar refractivity (Wildman–Crippen MR) is 125 cm³/mol. The van der Waals surface area contributed by atoms with E-state index >= 15 is 0 Å². The lowest BCUT2D eigenvalue weighted by Crippen LogP contribution is -2.47. The molecule has 2 aromatic rings. The zero-order valence-electron chi connectivity index (χ0n) is 20.0. The number of imidazole rings is 1. The maximum atomic E-state index is 13.8. The molecule has 0 unspecified atom stereocenters. The van der Waals surface area contributed by atoms with Gasteiger partial charge < -0.3 is 14.4 Å². The fourth-order valence-electron chi connectivity index (χ4n) is 5.51. The van der Waals surface area contributed by atoms with E-state index < -0.39 is 5.41 Å². The van der Waals surface area contributed by atoms with E-state index in [0.29, 0.717) is 51.4 Å². The van der Waals surface area contributed by atoms with Crippen molar-refractivity contribution in [3.63, 3.8) is 0 Å². The molecule has 1 aromatic carbocycles. The number of hydrogen-bond acceptors (Lipinski definition) is 3. The number of halogens is 1. The van der Waals surface area contributed by atoms with E-state index in [2.05, 4.69) is 18.8 Å². The standard InChI is InChI=1S/C26H35FN4O2/c1-4-23-28-10-13-30(23)18-24(32)29-11-8-26(9-12-29)16-22(31(25(26)33)17-19(2)3)15-20-6-5-7-21(27)14-20/h5-7,10,13-14,19,22H,4,8-9,11-12,15-18H2,1-3H3/t22-/m0/s1. The van der Waals surface area contributed by atoms with Gasteiger partial charge in [0.1, 0.15) is 18.2 Å². The minimum Gasteiger partial charge on any atom is -0.341 e. The Morgan fingerprint density at radius 1 is 1.27 bits per heavy atom. The minimum atomic E-state index is -0.409. The number of likely N-dealkylation sites (tertiary alicyclic amines) is 2. The van der Waals surface area contributed by atoms with Crippen molar-refractivity contribution in [3.8, 4) is 0 Å². The van der Waals surface area contributed by atoms with Crippen molar-refractivity contribution in [1.29, 1.82) is 0 Å². The first kappa shape index (κ1) is 23.5. The number of rotatable bonds is 7. The van der Waals surface area contributed by atoms with Gasteiger partial charge in [-0.05, 0) is 49.3 Å². The molecule has 7 heteroatoms. The maximum absolute atomic E-state index is 13.8. The monoisotopic (exact) mass is 454 g/mol. The predicted octanol–water partition coefficient (Wildman–Crippen LogP) is 3.69. The van der Waals surface area contributed by atoms with Gasteiger partial charge in [-0.3, -0.25) is 9.59 Å². The molecule has 6 nitrogen and oxygen atoms in total. The molecule has 0 saturated carbocycles. The summed E-state index contributed by atoms with van der Waals surface area (Å²) >= 11 is 0. The number of amides is 2. The Kier molecular flexibility index (Phi) is 6.86. The van der Waals surface area contributed by atoms with E-state index in [-0.39, 0.29) is 23.7 Å². The fraction of sp³-hybridized carbons (Fsp3) is 0.577. The van der Waals surface area contributed by atoms with E-state index in [9.17, 15) is 14.0 Å². The Morgan fingerprint density at radius 3 is 2.70 bits per heavy atom. The average molecular weight is 455 g/mol. The Balaban J connectivity index is 1.44. The fourth-order valence-corrected chi connectivity index (χ4v) is 5.51. The highest BCUT2D eigenvalue weighted by Gasteiger charge is 2.52. The molecule has 4 rings (SSSR count). The molecule has 2 saturated heterocycles. The molecule has 33 heavy (non-hydrogen) atoms. The van der Waals surface area contributed by atoms with Crippen LogP contribution in [-0.4, -0.2) is 56.8 Å². The topological polar surface area (TPSA) is 58.4 Å². The molecule has 178 valence electrons. The first-order valence-corrected chi connectivity index (χ1v) is 12.1. The van der Waals surface area contributed by atoms with Gasteiger partial charge in [0.15, 0.2) is 0 Å². The van der Waals surface area contributed by atoms with Crippen molar-refractivity contribution in [2.45, 2.75) is 65.5 Å². The number of piperidine rings is 1. The van der Waals surface area contributed by atoms with Gasteiger partial charge in [-0.15, -0.1) is 0 Å². The van der Waals surface area contributed by atoms with E-state index in [1.807, 2.05) is 33.6 Å². The van der Waals surface area contributed by atoms with Crippen LogP contribution < -0.4 is 0 Å². The van der Waals surface area contributed by atoms with Crippen LogP contribution in [0.3, 0.4) is 0 Å². The number of carbonyl (C=O) groups is 2. The van der Waals surface area contributed by atoms with Crippen molar-refractivity contribution in [1.82, 2.24) is 19.4 Å². The average Bonchev–Trinajstić information content (AvgIpc) is 3.32. The van der Waals surface area contributed by atoms with Crippen LogP contribution in [0, 0.1) is 17.2 Å². The lowest BCUT2D eigenvalue weighted by Gasteiger charge is -2.38. The van der Waals surface area contributed by atoms with Crippen LogP contribution in [0.25, 0.3) is 0 Å². The third kappa shape index (κ3) is 4.97. The smallest absolute Gasteiger partial charge is 0.242 e. The van der Waals surface area contributed by atoms with Gasteiger partial charge in [0, 0.05) is 44.5 Å². The molecule has 0 bridgehead atoms. The summed E-state index contributed by atoms with van der Waals surface area (Å²) in [7, 11) is 0. The summed E-state index contributed by atoms with van der Waals surface area (Å²) < 4.78 is 15.7. The zero-order chi connectivity index (χ0) is 23.6. The molecule has 0 N–H and O–H groups in total. The molecule has 1 atom stereocenters. The van der Waals surface area contributed by atoms with E-state index in [1.165, 1.54) is 6.07 Å². The Hall–Kier alpha value is -2.70. The molecule has 1 aromatic heterocycles. The number of hydrogen-bond donors (Lipinski definition) is 0. The lowest BCUT2D eigenvalue weighted by molar-refractivity contribution is -0.143. The summed E-state index contributed by atoms with van der Waals surface area (Å²) in [5, 5.41) is 0. The van der Waals surface area contributed by atoms with E-state index in [1.54, 1.807) is 18.3 Å². The van der Waals surface area contributed by atoms with Gasteiger partial charge in [0.05, 0.1) is 5.41 Å². The van der Waals surface area contributed by atoms with E-state index in [4.69, 9.17) is 0 Å². The SMILES string of the molecule is CCc1nccn1CC(=O)N1CCC2(CC1)C[C@H](Cc1cccc(F)c1)N(CC(C)C)C2=O. The normalized spacial score (nSPS) is 20.3. The summed E-state index contributed by atoms with van der Waals surface area (Å²) in [4.78, 5) is 34.8.